The molecule has 3 aromatic rings. The molecule has 0 saturated carbocycles. The Hall–Kier alpha value is -2.73. The molecule has 0 radical (unpaired) electrons. The number of amides is 1. The standard InChI is InChI=1S/C20H21N3O2S/c1-3-18(26-20-21-13-14-23(20)2)19(24)22-15-9-11-17(12-10-15)25-16-7-5-4-6-8-16/h4-14,18H,3H2,1-2H3,(H,22,24). The van der Waals surface area contributed by atoms with Gasteiger partial charge in [-0.25, -0.2) is 4.98 Å². The average Bonchev–Trinajstić information content (AvgIpc) is 3.06. The Kier molecular flexibility index (Phi) is 5.96. The van der Waals surface area contributed by atoms with Crippen LogP contribution in [0.25, 0.3) is 0 Å². The Labute approximate surface area is 157 Å². The van der Waals surface area contributed by atoms with E-state index in [-0.39, 0.29) is 11.2 Å². The van der Waals surface area contributed by atoms with Crippen LogP contribution in [-0.4, -0.2) is 20.7 Å². The minimum absolute atomic E-state index is 0.0303. The predicted molar refractivity (Wildman–Crippen MR) is 105 cm³/mol. The van der Waals surface area contributed by atoms with Gasteiger partial charge in [0, 0.05) is 25.1 Å². The summed E-state index contributed by atoms with van der Waals surface area (Å²) in [5.74, 6) is 1.47. The number of carbonyl (C=O) groups excluding carboxylic acids is 1. The van der Waals surface area contributed by atoms with Gasteiger partial charge in [0.2, 0.25) is 5.91 Å². The van der Waals surface area contributed by atoms with Crippen LogP contribution in [0.15, 0.2) is 72.1 Å². The highest BCUT2D eigenvalue weighted by Crippen LogP contribution is 2.26. The number of hydrogen-bond donors (Lipinski definition) is 1. The van der Waals surface area contributed by atoms with Gasteiger partial charge in [-0.3, -0.25) is 4.79 Å². The molecule has 0 aliphatic rings. The molecule has 0 aliphatic carbocycles. The van der Waals surface area contributed by atoms with Crippen molar-refractivity contribution in [1.82, 2.24) is 9.55 Å². The first-order valence-corrected chi connectivity index (χ1v) is 9.31. The van der Waals surface area contributed by atoms with Crippen molar-refractivity contribution >= 4 is 23.4 Å². The van der Waals surface area contributed by atoms with Gasteiger partial charge in [-0.1, -0.05) is 36.9 Å². The van der Waals surface area contributed by atoms with E-state index in [0.717, 1.165) is 28.8 Å². The lowest BCUT2D eigenvalue weighted by atomic mass is 10.2. The zero-order chi connectivity index (χ0) is 18.4. The van der Waals surface area contributed by atoms with Gasteiger partial charge >= 0.3 is 0 Å². The molecule has 2 aromatic carbocycles. The summed E-state index contributed by atoms with van der Waals surface area (Å²) < 4.78 is 7.68. The Balaban J connectivity index is 1.60. The quantitative estimate of drug-likeness (QED) is 0.614. The predicted octanol–water partition coefficient (Wildman–Crippen LogP) is 4.72. The van der Waals surface area contributed by atoms with Gasteiger partial charge in [0.15, 0.2) is 5.16 Å². The summed E-state index contributed by atoms with van der Waals surface area (Å²) in [4.78, 5) is 16.8. The number of hydrogen-bond acceptors (Lipinski definition) is 4. The Morgan fingerprint density at radius 2 is 1.85 bits per heavy atom. The van der Waals surface area contributed by atoms with Crippen LogP contribution in [0.4, 0.5) is 5.69 Å². The number of ether oxygens (including phenoxy) is 1. The summed E-state index contributed by atoms with van der Waals surface area (Å²) in [5.41, 5.74) is 0.745. The Morgan fingerprint density at radius 3 is 2.46 bits per heavy atom. The number of para-hydroxylation sites is 1. The molecule has 0 saturated heterocycles. The first kappa shape index (κ1) is 18.1. The molecule has 26 heavy (non-hydrogen) atoms. The van der Waals surface area contributed by atoms with Crippen molar-refractivity contribution in [2.75, 3.05) is 5.32 Å². The van der Waals surface area contributed by atoms with Crippen LogP contribution >= 0.6 is 11.8 Å². The van der Waals surface area contributed by atoms with Crippen LogP contribution in [0.2, 0.25) is 0 Å². The van der Waals surface area contributed by atoms with E-state index in [1.165, 1.54) is 11.8 Å². The second-order valence-corrected chi connectivity index (χ2v) is 6.93. The summed E-state index contributed by atoms with van der Waals surface area (Å²) in [6, 6.07) is 17.0. The number of carbonyl (C=O) groups is 1. The van der Waals surface area contributed by atoms with E-state index >= 15 is 0 Å². The summed E-state index contributed by atoms with van der Waals surface area (Å²) in [6.45, 7) is 2.00. The molecule has 1 amide bonds. The molecule has 0 spiro atoms. The fourth-order valence-corrected chi connectivity index (χ4v) is 3.30. The fraction of sp³-hybridized carbons (Fsp3) is 0.200. The number of thioether (sulfide) groups is 1. The number of benzene rings is 2. The number of imidazole rings is 1. The van der Waals surface area contributed by atoms with Crippen molar-refractivity contribution < 1.29 is 9.53 Å². The number of rotatable bonds is 7. The summed E-state index contributed by atoms with van der Waals surface area (Å²) in [5, 5.41) is 3.60. The van der Waals surface area contributed by atoms with Crippen LogP contribution in [0, 0.1) is 0 Å². The molecule has 1 aromatic heterocycles. The van der Waals surface area contributed by atoms with Gasteiger partial charge in [0.25, 0.3) is 0 Å². The third kappa shape index (κ3) is 4.67. The van der Waals surface area contributed by atoms with Crippen molar-refractivity contribution in [3.8, 4) is 11.5 Å². The molecule has 5 nitrogen and oxygen atoms in total. The third-order valence-electron chi connectivity index (χ3n) is 3.79. The van der Waals surface area contributed by atoms with Crippen LogP contribution in [-0.2, 0) is 11.8 Å². The minimum atomic E-state index is -0.198. The first-order valence-electron chi connectivity index (χ1n) is 8.43. The monoisotopic (exact) mass is 367 g/mol. The van der Waals surface area contributed by atoms with E-state index < -0.39 is 0 Å². The van der Waals surface area contributed by atoms with Crippen molar-refractivity contribution in [3.05, 3.63) is 67.0 Å². The lowest BCUT2D eigenvalue weighted by molar-refractivity contribution is -0.115. The summed E-state index contributed by atoms with van der Waals surface area (Å²) in [6.07, 6.45) is 4.33. The second kappa shape index (κ2) is 8.58. The molecular formula is C20H21N3O2S. The first-order chi connectivity index (χ1) is 12.7. The fourth-order valence-electron chi connectivity index (χ4n) is 2.37. The molecular weight excluding hydrogens is 346 g/mol. The number of nitrogens with zero attached hydrogens (tertiary/aromatic N) is 2. The molecule has 0 fully saturated rings. The van der Waals surface area contributed by atoms with E-state index in [2.05, 4.69) is 10.3 Å². The van der Waals surface area contributed by atoms with E-state index in [9.17, 15) is 4.79 Å². The third-order valence-corrected chi connectivity index (χ3v) is 5.22. The van der Waals surface area contributed by atoms with Gasteiger partial charge in [-0.15, -0.1) is 0 Å². The van der Waals surface area contributed by atoms with E-state index in [1.807, 2.05) is 79.3 Å². The Bertz CT molecular complexity index is 847. The minimum Gasteiger partial charge on any atom is -0.457 e. The van der Waals surface area contributed by atoms with E-state index in [1.54, 1.807) is 6.20 Å². The normalized spacial score (nSPS) is 11.8. The maximum Gasteiger partial charge on any atom is 0.237 e. The maximum absolute atomic E-state index is 12.6. The number of aromatic nitrogens is 2. The molecule has 0 aliphatic heterocycles. The lowest BCUT2D eigenvalue weighted by Crippen LogP contribution is -2.24. The zero-order valence-electron chi connectivity index (χ0n) is 14.8. The molecule has 1 atom stereocenters. The molecule has 1 unspecified atom stereocenters. The number of nitrogens with one attached hydrogen (secondary N) is 1. The largest absolute Gasteiger partial charge is 0.457 e. The van der Waals surface area contributed by atoms with E-state index in [0.29, 0.717) is 0 Å². The summed E-state index contributed by atoms with van der Waals surface area (Å²) in [7, 11) is 1.92. The zero-order valence-corrected chi connectivity index (χ0v) is 15.6. The van der Waals surface area contributed by atoms with E-state index in [4.69, 9.17) is 4.74 Å². The highest BCUT2D eigenvalue weighted by atomic mass is 32.2. The van der Waals surface area contributed by atoms with Gasteiger partial charge < -0.3 is 14.6 Å². The average molecular weight is 367 g/mol. The van der Waals surface area contributed by atoms with Crippen molar-refractivity contribution in [2.45, 2.75) is 23.8 Å². The van der Waals surface area contributed by atoms with Gasteiger partial charge in [0.1, 0.15) is 11.5 Å². The van der Waals surface area contributed by atoms with Crippen molar-refractivity contribution in [3.63, 3.8) is 0 Å². The second-order valence-electron chi connectivity index (χ2n) is 5.76. The molecule has 134 valence electrons. The topological polar surface area (TPSA) is 56.2 Å². The molecule has 1 heterocycles. The molecule has 3 rings (SSSR count). The van der Waals surface area contributed by atoms with Gasteiger partial charge in [-0.2, -0.15) is 0 Å². The number of aryl methyl sites for hydroxylation is 1. The van der Waals surface area contributed by atoms with Crippen molar-refractivity contribution in [1.29, 1.82) is 0 Å². The molecule has 1 N–H and O–H groups in total. The van der Waals surface area contributed by atoms with Gasteiger partial charge in [-0.05, 0) is 42.8 Å². The van der Waals surface area contributed by atoms with Crippen LogP contribution in [0.5, 0.6) is 11.5 Å². The van der Waals surface area contributed by atoms with Crippen LogP contribution in [0.3, 0.4) is 0 Å². The van der Waals surface area contributed by atoms with Crippen molar-refractivity contribution in [2.24, 2.45) is 7.05 Å². The highest BCUT2D eigenvalue weighted by Gasteiger charge is 2.20. The maximum atomic E-state index is 12.6. The summed E-state index contributed by atoms with van der Waals surface area (Å²) >= 11 is 1.47. The Morgan fingerprint density at radius 1 is 1.15 bits per heavy atom. The van der Waals surface area contributed by atoms with Crippen LogP contribution < -0.4 is 10.1 Å². The smallest absolute Gasteiger partial charge is 0.237 e. The van der Waals surface area contributed by atoms with Crippen LogP contribution in [0.1, 0.15) is 13.3 Å². The number of anilines is 1. The highest BCUT2D eigenvalue weighted by molar-refractivity contribution is 8.00. The SMILES string of the molecule is CCC(Sc1nccn1C)C(=O)Nc1ccc(Oc2ccccc2)cc1. The molecule has 6 heteroatoms. The lowest BCUT2D eigenvalue weighted by Gasteiger charge is -2.14. The molecule has 0 bridgehead atoms. The van der Waals surface area contributed by atoms with Gasteiger partial charge in [0.05, 0.1) is 5.25 Å².